The average Bonchev–Trinajstić information content (AvgIpc) is 2.47. The molecule has 104 valence electrons. The minimum atomic E-state index is -0.166. The topological polar surface area (TPSA) is 49.8 Å². The Morgan fingerprint density at radius 2 is 2.21 bits per heavy atom. The van der Waals surface area contributed by atoms with Crippen LogP contribution in [0.4, 0.5) is 0 Å². The second kappa shape index (κ2) is 7.05. The molecule has 0 spiro atoms. The number of benzene rings is 1. The van der Waals surface area contributed by atoms with Crippen LogP contribution >= 0.6 is 11.8 Å². The lowest BCUT2D eigenvalue weighted by Crippen LogP contribution is -2.45. The summed E-state index contributed by atoms with van der Waals surface area (Å²) < 4.78 is 5.37. The molecule has 1 aromatic carbocycles. The van der Waals surface area contributed by atoms with E-state index in [9.17, 15) is 4.79 Å². The molecule has 1 saturated heterocycles. The number of thioether (sulfide) groups is 1. The van der Waals surface area contributed by atoms with Gasteiger partial charge in [0.15, 0.2) is 5.78 Å². The van der Waals surface area contributed by atoms with Crippen molar-refractivity contribution in [2.75, 3.05) is 39.1 Å². The third-order valence-corrected chi connectivity index (χ3v) is 3.95. The van der Waals surface area contributed by atoms with Crippen LogP contribution in [-0.4, -0.2) is 61.0 Å². The van der Waals surface area contributed by atoms with E-state index in [2.05, 4.69) is 0 Å². The largest absolute Gasteiger partial charge is 0.394 e. The molecule has 1 unspecified atom stereocenters. The zero-order valence-electron chi connectivity index (χ0n) is 11.0. The van der Waals surface area contributed by atoms with Crippen LogP contribution in [0.3, 0.4) is 0 Å². The Bertz CT molecular complexity index is 421. The number of nitrogens with zero attached hydrogens (tertiary/aromatic N) is 1. The number of ether oxygens (including phenoxy) is 1. The van der Waals surface area contributed by atoms with Gasteiger partial charge in [0.25, 0.3) is 0 Å². The lowest BCUT2D eigenvalue weighted by Gasteiger charge is -2.31. The van der Waals surface area contributed by atoms with E-state index in [1.165, 1.54) is 0 Å². The van der Waals surface area contributed by atoms with Crippen LogP contribution in [0.1, 0.15) is 10.4 Å². The molecule has 0 bridgehead atoms. The summed E-state index contributed by atoms with van der Waals surface area (Å²) in [6.45, 7) is 2.33. The molecule has 1 aliphatic heterocycles. The number of carbonyl (C=O) groups excluding carboxylic acids is 1. The minimum Gasteiger partial charge on any atom is -0.394 e. The van der Waals surface area contributed by atoms with E-state index in [0.717, 1.165) is 17.0 Å². The van der Waals surface area contributed by atoms with Crippen molar-refractivity contribution in [1.82, 2.24) is 4.90 Å². The molecule has 4 nitrogen and oxygen atoms in total. The van der Waals surface area contributed by atoms with Crippen LogP contribution in [-0.2, 0) is 4.74 Å². The van der Waals surface area contributed by atoms with Crippen LogP contribution in [0.5, 0.6) is 0 Å². The Hall–Kier alpha value is -0.880. The first-order valence-corrected chi connectivity index (χ1v) is 7.57. The molecule has 1 aromatic rings. The first-order valence-electron chi connectivity index (χ1n) is 6.35. The van der Waals surface area contributed by atoms with Crippen molar-refractivity contribution in [3.8, 4) is 0 Å². The standard InChI is InChI=1S/C14H19NO3S/c1-19-13-4-2-11(3-5-13)14(17)9-15-6-7-18-12(8-15)10-16/h2-5,12,16H,6-10H2,1H3. The number of hydrogen-bond donors (Lipinski definition) is 1. The Balaban J connectivity index is 1.92. The maximum absolute atomic E-state index is 12.2. The monoisotopic (exact) mass is 281 g/mol. The van der Waals surface area contributed by atoms with E-state index in [0.29, 0.717) is 19.7 Å². The third-order valence-electron chi connectivity index (χ3n) is 3.21. The lowest BCUT2D eigenvalue weighted by molar-refractivity contribution is -0.0503. The van der Waals surface area contributed by atoms with Crippen molar-refractivity contribution in [2.45, 2.75) is 11.0 Å². The van der Waals surface area contributed by atoms with Crippen LogP contribution < -0.4 is 0 Å². The van der Waals surface area contributed by atoms with Gasteiger partial charge in [0.2, 0.25) is 0 Å². The maximum atomic E-state index is 12.2. The molecule has 1 atom stereocenters. The van der Waals surface area contributed by atoms with Crippen LogP contribution in [0.25, 0.3) is 0 Å². The molecule has 1 fully saturated rings. The number of carbonyl (C=O) groups is 1. The summed E-state index contributed by atoms with van der Waals surface area (Å²) in [7, 11) is 0. The van der Waals surface area contributed by atoms with E-state index in [-0.39, 0.29) is 18.5 Å². The van der Waals surface area contributed by atoms with Crippen LogP contribution in [0.15, 0.2) is 29.2 Å². The molecule has 0 amide bonds. The highest BCUT2D eigenvalue weighted by Gasteiger charge is 2.21. The molecule has 0 aromatic heterocycles. The van der Waals surface area contributed by atoms with Crippen molar-refractivity contribution in [1.29, 1.82) is 0 Å². The summed E-state index contributed by atoms with van der Waals surface area (Å²) in [5, 5.41) is 9.08. The van der Waals surface area contributed by atoms with Gasteiger partial charge in [-0.3, -0.25) is 9.69 Å². The SMILES string of the molecule is CSc1ccc(C(=O)CN2CCOC(CO)C2)cc1. The fourth-order valence-electron chi connectivity index (χ4n) is 2.11. The molecular formula is C14H19NO3S. The predicted octanol–water partition coefficient (Wildman–Crippen LogP) is 1.28. The number of morpholine rings is 1. The van der Waals surface area contributed by atoms with Crippen molar-refractivity contribution < 1.29 is 14.6 Å². The first-order chi connectivity index (χ1) is 9.22. The Labute approximate surface area is 117 Å². The Morgan fingerprint density at radius 3 is 2.84 bits per heavy atom. The van der Waals surface area contributed by atoms with E-state index in [4.69, 9.17) is 9.84 Å². The lowest BCUT2D eigenvalue weighted by atomic mass is 10.1. The van der Waals surface area contributed by atoms with Crippen LogP contribution in [0.2, 0.25) is 0 Å². The second-order valence-electron chi connectivity index (χ2n) is 4.56. The molecule has 1 aliphatic rings. The van der Waals surface area contributed by atoms with Gasteiger partial charge in [0.1, 0.15) is 0 Å². The quantitative estimate of drug-likeness (QED) is 0.651. The molecule has 0 radical (unpaired) electrons. The molecule has 0 saturated carbocycles. The van der Waals surface area contributed by atoms with Gasteiger partial charge in [-0.2, -0.15) is 0 Å². The van der Waals surface area contributed by atoms with Gasteiger partial charge in [0.05, 0.1) is 25.9 Å². The molecular weight excluding hydrogens is 262 g/mol. The van der Waals surface area contributed by atoms with Crippen molar-refractivity contribution in [3.05, 3.63) is 29.8 Å². The van der Waals surface area contributed by atoms with Crippen molar-refractivity contribution in [3.63, 3.8) is 0 Å². The maximum Gasteiger partial charge on any atom is 0.176 e. The van der Waals surface area contributed by atoms with E-state index < -0.39 is 0 Å². The average molecular weight is 281 g/mol. The van der Waals surface area contributed by atoms with Gasteiger partial charge in [-0.1, -0.05) is 12.1 Å². The summed E-state index contributed by atoms with van der Waals surface area (Å²) in [5.41, 5.74) is 0.741. The molecule has 5 heteroatoms. The smallest absolute Gasteiger partial charge is 0.176 e. The van der Waals surface area contributed by atoms with Gasteiger partial charge in [-0.15, -0.1) is 11.8 Å². The Morgan fingerprint density at radius 1 is 1.47 bits per heavy atom. The summed E-state index contributed by atoms with van der Waals surface area (Å²) >= 11 is 1.66. The number of rotatable bonds is 5. The normalized spacial score (nSPS) is 20.4. The number of hydrogen-bond acceptors (Lipinski definition) is 5. The van der Waals surface area contributed by atoms with E-state index in [1.54, 1.807) is 11.8 Å². The Kier molecular flexibility index (Phi) is 5.39. The number of Topliss-reactive ketones (excluding diaryl/α,β-unsaturated/α-hetero) is 1. The molecule has 2 rings (SSSR count). The first kappa shape index (κ1) is 14.5. The fourth-order valence-corrected chi connectivity index (χ4v) is 2.51. The highest BCUT2D eigenvalue weighted by molar-refractivity contribution is 7.98. The predicted molar refractivity (Wildman–Crippen MR) is 75.8 cm³/mol. The fraction of sp³-hybridized carbons (Fsp3) is 0.500. The van der Waals surface area contributed by atoms with Gasteiger partial charge in [0, 0.05) is 23.5 Å². The summed E-state index contributed by atoms with van der Waals surface area (Å²) in [5.74, 6) is 0.117. The second-order valence-corrected chi connectivity index (χ2v) is 5.44. The van der Waals surface area contributed by atoms with E-state index >= 15 is 0 Å². The summed E-state index contributed by atoms with van der Waals surface area (Å²) in [4.78, 5) is 15.3. The zero-order valence-corrected chi connectivity index (χ0v) is 11.9. The third kappa shape index (κ3) is 4.04. The minimum absolute atomic E-state index is 0.00705. The van der Waals surface area contributed by atoms with Gasteiger partial charge in [-0.05, 0) is 18.4 Å². The number of ketones is 1. The highest BCUT2D eigenvalue weighted by atomic mass is 32.2. The number of aliphatic hydroxyl groups excluding tert-OH is 1. The zero-order chi connectivity index (χ0) is 13.7. The van der Waals surface area contributed by atoms with Crippen molar-refractivity contribution in [2.24, 2.45) is 0 Å². The highest BCUT2D eigenvalue weighted by Crippen LogP contribution is 2.15. The van der Waals surface area contributed by atoms with Gasteiger partial charge < -0.3 is 9.84 Å². The summed E-state index contributed by atoms with van der Waals surface area (Å²) in [6, 6.07) is 7.68. The molecule has 0 aliphatic carbocycles. The van der Waals surface area contributed by atoms with Crippen LogP contribution in [0, 0.1) is 0 Å². The van der Waals surface area contributed by atoms with Gasteiger partial charge in [-0.25, -0.2) is 0 Å². The number of aliphatic hydroxyl groups is 1. The van der Waals surface area contributed by atoms with Crippen molar-refractivity contribution >= 4 is 17.5 Å². The van der Waals surface area contributed by atoms with E-state index in [1.807, 2.05) is 35.4 Å². The van der Waals surface area contributed by atoms with Gasteiger partial charge >= 0.3 is 0 Å². The summed E-state index contributed by atoms with van der Waals surface area (Å²) in [6.07, 6.45) is 1.85. The molecule has 1 heterocycles. The molecule has 19 heavy (non-hydrogen) atoms. The molecule has 1 N–H and O–H groups in total.